The van der Waals surface area contributed by atoms with E-state index in [4.69, 9.17) is 14.5 Å². The molecular weight excluding hydrogens is 501 g/mol. The summed E-state index contributed by atoms with van der Waals surface area (Å²) in [6.45, 7) is 9.26. The van der Waals surface area contributed by atoms with Crippen molar-refractivity contribution in [3.63, 3.8) is 0 Å². The number of hydrogen-bond donors (Lipinski definition) is 1. The summed E-state index contributed by atoms with van der Waals surface area (Å²) in [6, 6.07) is 18.6. The maximum atomic E-state index is 5.87. The second kappa shape index (κ2) is 14.3. The van der Waals surface area contributed by atoms with E-state index in [-0.39, 0.29) is 24.0 Å². The van der Waals surface area contributed by atoms with Gasteiger partial charge in [-0.15, -0.1) is 24.0 Å². The SMILES string of the molecule is CCNC(=NCCc1ccc(OCc2ccccc2)cc1)N1CCC(OCC)CC1.I. The number of halogens is 1. The van der Waals surface area contributed by atoms with Crippen LogP contribution in [-0.2, 0) is 17.8 Å². The molecule has 170 valence electrons. The Kier molecular flexibility index (Phi) is 11.7. The van der Waals surface area contributed by atoms with Crippen LogP contribution < -0.4 is 10.1 Å². The molecule has 6 heteroatoms. The number of nitrogens with zero attached hydrogens (tertiary/aromatic N) is 2. The van der Waals surface area contributed by atoms with Crippen molar-refractivity contribution < 1.29 is 9.47 Å². The molecule has 0 amide bonds. The highest BCUT2D eigenvalue weighted by Gasteiger charge is 2.21. The van der Waals surface area contributed by atoms with Crippen LogP contribution in [0.3, 0.4) is 0 Å². The fourth-order valence-corrected chi connectivity index (χ4v) is 3.68. The van der Waals surface area contributed by atoms with Crippen molar-refractivity contribution in [2.24, 2.45) is 4.99 Å². The van der Waals surface area contributed by atoms with Crippen LogP contribution in [0.25, 0.3) is 0 Å². The zero-order chi connectivity index (χ0) is 21.0. The minimum atomic E-state index is 0. The highest BCUT2D eigenvalue weighted by Crippen LogP contribution is 2.16. The van der Waals surface area contributed by atoms with E-state index in [0.29, 0.717) is 12.7 Å². The molecule has 0 bridgehead atoms. The number of piperidine rings is 1. The van der Waals surface area contributed by atoms with Crippen molar-refractivity contribution in [2.75, 3.05) is 32.8 Å². The summed E-state index contributed by atoms with van der Waals surface area (Å²) in [5, 5.41) is 3.44. The van der Waals surface area contributed by atoms with Crippen LogP contribution >= 0.6 is 24.0 Å². The Morgan fingerprint density at radius 2 is 1.71 bits per heavy atom. The summed E-state index contributed by atoms with van der Waals surface area (Å²) in [4.78, 5) is 7.22. The molecule has 1 fully saturated rings. The maximum Gasteiger partial charge on any atom is 0.193 e. The molecule has 1 N–H and O–H groups in total. The number of rotatable bonds is 9. The van der Waals surface area contributed by atoms with Gasteiger partial charge in [0.2, 0.25) is 0 Å². The standard InChI is InChI=1S/C25H35N3O2.HI/c1-3-26-25(28-18-15-24(16-19-28)29-4-2)27-17-14-21-10-12-23(13-11-21)30-20-22-8-6-5-7-9-22;/h5-13,24H,3-4,14-20H2,1-2H3,(H,26,27);1H. The Balaban J connectivity index is 0.00000341. The second-order valence-corrected chi connectivity index (χ2v) is 7.55. The van der Waals surface area contributed by atoms with Crippen LogP contribution in [0.2, 0.25) is 0 Å². The van der Waals surface area contributed by atoms with Gasteiger partial charge in [0, 0.05) is 32.8 Å². The van der Waals surface area contributed by atoms with Crippen molar-refractivity contribution in [3.8, 4) is 5.75 Å². The minimum absolute atomic E-state index is 0. The van der Waals surface area contributed by atoms with E-state index in [9.17, 15) is 0 Å². The van der Waals surface area contributed by atoms with E-state index in [0.717, 1.165) is 63.8 Å². The molecule has 0 radical (unpaired) electrons. The van der Waals surface area contributed by atoms with Gasteiger partial charge in [-0.25, -0.2) is 0 Å². The van der Waals surface area contributed by atoms with Crippen molar-refractivity contribution in [1.29, 1.82) is 0 Å². The van der Waals surface area contributed by atoms with Gasteiger partial charge >= 0.3 is 0 Å². The highest BCUT2D eigenvalue weighted by atomic mass is 127. The van der Waals surface area contributed by atoms with Gasteiger partial charge in [-0.3, -0.25) is 4.99 Å². The Hall–Kier alpha value is -1.80. The minimum Gasteiger partial charge on any atom is -0.489 e. The van der Waals surface area contributed by atoms with Crippen LogP contribution in [0.15, 0.2) is 59.6 Å². The number of ether oxygens (including phenoxy) is 2. The highest BCUT2D eigenvalue weighted by molar-refractivity contribution is 14.0. The lowest BCUT2D eigenvalue weighted by Crippen LogP contribution is -2.47. The summed E-state index contributed by atoms with van der Waals surface area (Å²) >= 11 is 0. The first-order chi connectivity index (χ1) is 14.8. The molecule has 5 nitrogen and oxygen atoms in total. The molecule has 31 heavy (non-hydrogen) atoms. The first-order valence-electron chi connectivity index (χ1n) is 11.2. The molecule has 0 spiro atoms. The third kappa shape index (κ3) is 8.69. The Morgan fingerprint density at radius 1 is 1.00 bits per heavy atom. The molecule has 2 aromatic carbocycles. The molecule has 1 aliphatic rings. The molecule has 2 aromatic rings. The number of benzene rings is 2. The van der Waals surface area contributed by atoms with Gasteiger partial charge in [-0.2, -0.15) is 0 Å². The predicted octanol–water partition coefficient (Wildman–Crippen LogP) is 4.89. The van der Waals surface area contributed by atoms with Crippen molar-refractivity contribution >= 4 is 29.9 Å². The first-order valence-corrected chi connectivity index (χ1v) is 11.2. The van der Waals surface area contributed by atoms with E-state index in [1.807, 2.05) is 30.3 Å². The van der Waals surface area contributed by atoms with Gasteiger partial charge in [0.1, 0.15) is 12.4 Å². The monoisotopic (exact) mass is 537 g/mol. The lowest BCUT2D eigenvalue weighted by atomic mass is 10.1. The summed E-state index contributed by atoms with van der Waals surface area (Å²) < 4.78 is 11.6. The Bertz CT molecular complexity index is 760. The number of likely N-dealkylation sites (tertiary alicyclic amines) is 1. The number of guanidine groups is 1. The normalized spacial score (nSPS) is 14.8. The van der Waals surface area contributed by atoms with Gasteiger partial charge in [0.05, 0.1) is 6.10 Å². The maximum absolute atomic E-state index is 5.87. The zero-order valence-electron chi connectivity index (χ0n) is 18.8. The lowest BCUT2D eigenvalue weighted by molar-refractivity contribution is 0.0264. The van der Waals surface area contributed by atoms with E-state index in [1.54, 1.807) is 0 Å². The third-order valence-electron chi connectivity index (χ3n) is 5.31. The first kappa shape index (κ1) is 25.5. The fourth-order valence-electron chi connectivity index (χ4n) is 3.68. The van der Waals surface area contributed by atoms with Crippen molar-refractivity contribution in [1.82, 2.24) is 10.2 Å². The predicted molar refractivity (Wildman–Crippen MR) is 139 cm³/mol. The van der Waals surface area contributed by atoms with Gasteiger partial charge in [0.15, 0.2) is 5.96 Å². The molecule has 0 saturated carbocycles. The molecule has 1 heterocycles. The molecule has 0 aliphatic carbocycles. The van der Waals surface area contributed by atoms with Gasteiger partial charge < -0.3 is 19.7 Å². The van der Waals surface area contributed by atoms with Gasteiger partial charge in [-0.1, -0.05) is 42.5 Å². The van der Waals surface area contributed by atoms with E-state index < -0.39 is 0 Å². The number of nitrogens with one attached hydrogen (secondary N) is 1. The summed E-state index contributed by atoms with van der Waals surface area (Å²) in [5.74, 6) is 1.92. The number of hydrogen-bond acceptors (Lipinski definition) is 3. The fraction of sp³-hybridized carbons (Fsp3) is 0.480. The summed E-state index contributed by atoms with van der Waals surface area (Å²) in [6.07, 6.45) is 3.46. The van der Waals surface area contributed by atoms with Gasteiger partial charge in [-0.05, 0) is 56.4 Å². The largest absolute Gasteiger partial charge is 0.489 e. The molecule has 1 aliphatic heterocycles. The molecule has 0 aromatic heterocycles. The molecule has 0 unspecified atom stereocenters. The molecule has 1 saturated heterocycles. The van der Waals surface area contributed by atoms with Crippen molar-refractivity contribution in [3.05, 3.63) is 65.7 Å². The van der Waals surface area contributed by atoms with Crippen LogP contribution in [0.1, 0.15) is 37.8 Å². The zero-order valence-corrected chi connectivity index (χ0v) is 21.1. The van der Waals surface area contributed by atoms with Gasteiger partial charge in [0.25, 0.3) is 0 Å². The number of aliphatic imine (C=N–C) groups is 1. The van der Waals surface area contributed by atoms with Crippen LogP contribution in [0, 0.1) is 0 Å². The van der Waals surface area contributed by atoms with Crippen molar-refractivity contribution in [2.45, 2.75) is 45.8 Å². The van der Waals surface area contributed by atoms with E-state index in [1.165, 1.54) is 11.1 Å². The topological polar surface area (TPSA) is 46.1 Å². The smallest absolute Gasteiger partial charge is 0.193 e. The second-order valence-electron chi connectivity index (χ2n) is 7.55. The Morgan fingerprint density at radius 3 is 2.35 bits per heavy atom. The van der Waals surface area contributed by atoms with E-state index in [2.05, 4.69) is 48.3 Å². The average molecular weight is 537 g/mol. The lowest BCUT2D eigenvalue weighted by Gasteiger charge is -2.34. The quantitative estimate of drug-likeness (QED) is 0.281. The molecule has 0 atom stereocenters. The van der Waals surface area contributed by atoms with Crippen LogP contribution in [0.5, 0.6) is 5.75 Å². The summed E-state index contributed by atoms with van der Waals surface area (Å²) in [7, 11) is 0. The average Bonchev–Trinajstić information content (AvgIpc) is 2.79. The summed E-state index contributed by atoms with van der Waals surface area (Å²) in [5.41, 5.74) is 2.45. The Labute approximate surface area is 204 Å². The van der Waals surface area contributed by atoms with E-state index >= 15 is 0 Å². The van der Waals surface area contributed by atoms with Crippen LogP contribution in [-0.4, -0.2) is 49.7 Å². The molecule has 3 rings (SSSR count). The van der Waals surface area contributed by atoms with Crippen LogP contribution in [0.4, 0.5) is 0 Å². The molecular formula is C25H36IN3O2. The third-order valence-corrected chi connectivity index (χ3v) is 5.31.